The normalized spacial score (nSPS) is 9.81. The van der Waals surface area contributed by atoms with E-state index in [4.69, 9.17) is 4.74 Å². The predicted molar refractivity (Wildman–Crippen MR) is 77.0 cm³/mol. The molecule has 0 saturated carbocycles. The van der Waals surface area contributed by atoms with Gasteiger partial charge in [0.15, 0.2) is 0 Å². The molecule has 1 aromatic carbocycles. The molecule has 108 valence electrons. The molecule has 0 aliphatic rings. The second kappa shape index (κ2) is 6.47. The van der Waals surface area contributed by atoms with E-state index in [2.05, 4.69) is 20.6 Å². The molecule has 0 bridgehead atoms. The predicted octanol–water partition coefficient (Wildman–Crippen LogP) is 1.37. The van der Waals surface area contributed by atoms with Crippen molar-refractivity contribution in [2.45, 2.75) is 6.92 Å². The maximum absolute atomic E-state index is 11.9. The van der Waals surface area contributed by atoms with Crippen LogP contribution in [-0.4, -0.2) is 28.9 Å². The quantitative estimate of drug-likeness (QED) is 0.831. The lowest BCUT2D eigenvalue weighted by Crippen LogP contribution is -2.29. The zero-order valence-corrected chi connectivity index (χ0v) is 11.6. The van der Waals surface area contributed by atoms with Gasteiger partial charge in [0.2, 0.25) is 5.95 Å². The van der Waals surface area contributed by atoms with Crippen molar-refractivity contribution in [2.24, 2.45) is 0 Å². The summed E-state index contributed by atoms with van der Waals surface area (Å²) in [7, 11) is 1.48. The van der Waals surface area contributed by atoms with Crippen molar-refractivity contribution in [3.05, 3.63) is 42.2 Å². The molecule has 0 unspecified atom stereocenters. The Kier molecular flexibility index (Phi) is 4.45. The lowest BCUT2D eigenvalue weighted by Gasteiger charge is -2.10. The van der Waals surface area contributed by atoms with Crippen molar-refractivity contribution in [3.63, 3.8) is 0 Å². The van der Waals surface area contributed by atoms with E-state index in [0.717, 1.165) is 5.56 Å². The first-order valence-corrected chi connectivity index (χ1v) is 6.14. The number of ether oxygens (including phenoxy) is 1. The van der Waals surface area contributed by atoms with Gasteiger partial charge in [-0.3, -0.25) is 14.9 Å². The Labute approximate surface area is 121 Å². The summed E-state index contributed by atoms with van der Waals surface area (Å²) in [4.78, 5) is 31.2. The highest BCUT2D eigenvalue weighted by molar-refractivity contribution is 6.43. The molecule has 2 amide bonds. The summed E-state index contributed by atoms with van der Waals surface area (Å²) >= 11 is 0. The monoisotopic (exact) mass is 286 g/mol. The van der Waals surface area contributed by atoms with E-state index in [1.165, 1.54) is 19.5 Å². The number of methoxy groups -OCH3 is 1. The van der Waals surface area contributed by atoms with E-state index in [9.17, 15) is 9.59 Å². The summed E-state index contributed by atoms with van der Waals surface area (Å²) in [5.74, 6) is -1.15. The molecule has 7 heteroatoms. The zero-order chi connectivity index (χ0) is 15.2. The number of hydrogen-bond acceptors (Lipinski definition) is 5. The number of aromatic nitrogens is 2. The minimum atomic E-state index is -0.857. The van der Waals surface area contributed by atoms with Crippen LogP contribution in [0.2, 0.25) is 0 Å². The second-order valence-electron chi connectivity index (χ2n) is 4.18. The fourth-order valence-electron chi connectivity index (χ4n) is 1.62. The van der Waals surface area contributed by atoms with Gasteiger partial charge in [0.05, 0.1) is 12.8 Å². The first kappa shape index (κ1) is 14.4. The van der Waals surface area contributed by atoms with Crippen LogP contribution >= 0.6 is 0 Å². The first-order valence-electron chi connectivity index (χ1n) is 6.14. The number of hydrogen-bond donors (Lipinski definition) is 2. The number of nitrogens with zero attached hydrogens (tertiary/aromatic N) is 2. The Balaban J connectivity index is 2.07. The third kappa shape index (κ3) is 3.75. The molecule has 2 aromatic rings. The second-order valence-corrected chi connectivity index (χ2v) is 4.18. The van der Waals surface area contributed by atoms with Crippen LogP contribution in [0.1, 0.15) is 5.56 Å². The largest absolute Gasteiger partial charge is 0.495 e. The standard InChI is InChI=1S/C14H14N4O3/c1-9-4-5-11(21-2)10(8-9)17-12(19)13(20)18-14-15-6-3-7-16-14/h3-8H,1-2H3,(H,17,19)(H,15,16,18,20). The number of nitrogens with one attached hydrogen (secondary N) is 2. The van der Waals surface area contributed by atoms with Crippen molar-refractivity contribution in [1.29, 1.82) is 0 Å². The number of benzene rings is 1. The average Bonchev–Trinajstić information content (AvgIpc) is 2.48. The summed E-state index contributed by atoms with van der Waals surface area (Å²) < 4.78 is 5.13. The van der Waals surface area contributed by atoms with E-state index in [1.54, 1.807) is 18.2 Å². The molecular formula is C14H14N4O3. The summed E-state index contributed by atoms with van der Waals surface area (Å²) in [6, 6.07) is 6.87. The Hall–Kier alpha value is -2.96. The van der Waals surface area contributed by atoms with Gasteiger partial charge in [-0.05, 0) is 30.7 Å². The van der Waals surface area contributed by atoms with Gasteiger partial charge in [0.25, 0.3) is 0 Å². The van der Waals surface area contributed by atoms with Gasteiger partial charge in [-0.25, -0.2) is 9.97 Å². The van der Waals surface area contributed by atoms with Gasteiger partial charge < -0.3 is 10.1 Å². The van der Waals surface area contributed by atoms with E-state index in [1.807, 2.05) is 13.0 Å². The van der Waals surface area contributed by atoms with Crippen LogP contribution in [0.4, 0.5) is 11.6 Å². The molecule has 1 aromatic heterocycles. The molecule has 2 N–H and O–H groups in total. The van der Waals surface area contributed by atoms with Gasteiger partial charge in [-0.15, -0.1) is 0 Å². The maximum atomic E-state index is 11.9. The Morgan fingerprint density at radius 1 is 1.10 bits per heavy atom. The Morgan fingerprint density at radius 2 is 1.76 bits per heavy atom. The molecule has 2 rings (SSSR count). The van der Waals surface area contributed by atoms with Crippen molar-refractivity contribution >= 4 is 23.5 Å². The molecule has 21 heavy (non-hydrogen) atoms. The van der Waals surface area contributed by atoms with Crippen LogP contribution in [0, 0.1) is 6.92 Å². The SMILES string of the molecule is COc1ccc(C)cc1NC(=O)C(=O)Nc1ncccn1. The third-order valence-electron chi connectivity index (χ3n) is 2.60. The highest BCUT2D eigenvalue weighted by Crippen LogP contribution is 2.25. The number of anilines is 2. The molecule has 0 fully saturated rings. The number of aryl methyl sites for hydroxylation is 1. The van der Waals surface area contributed by atoms with Crippen molar-refractivity contribution in [3.8, 4) is 5.75 Å². The number of rotatable bonds is 3. The van der Waals surface area contributed by atoms with Crippen LogP contribution in [0.5, 0.6) is 5.75 Å². The Bertz CT molecular complexity index is 659. The molecular weight excluding hydrogens is 272 g/mol. The minimum absolute atomic E-state index is 0.0638. The zero-order valence-electron chi connectivity index (χ0n) is 11.6. The van der Waals surface area contributed by atoms with Crippen LogP contribution < -0.4 is 15.4 Å². The fourth-order valence-corrected chi connectivity index (χ4v) is 1.62. The summed E-state index contributed by atoms with van der Waals surface area (Å²) in [6.45, 7) is 1.87. The van der Waals surface area contributed by atoms with Crippen molar-refractivity contribution in [2.75, 3.05) is 17.7 Å². The van der Waals surface area contributed by atoms with Crippen molar-refractivity contribution in [1.82, 2.24) is 9.97 Å². The molecule has 0 atom stereocenters. The maximum Gasteiger partial charge on any atom is 0.316 e. The van der Waals surface area contributed by atoms with E-state index in [0.29, 0.717) is 11.4 Å². The minimum Gasteiger partial charge on any atom is -0.495 e. The lowest BCUT2D eigenvalue weighted by atomic mass is 10.2. The molecule has 0 aliphatic heterocycles. The molecule has 0 spiro atoms. The van der Waals surface area contributed by atoms with E-state index >= 15 is 0 Å². The van der Waals surface area contributed by atoms with Gasteiger partial charge >= 0.3 is 11.8 Å². The number of carbonyl (C=O) groups is 2. The number of carbonyl (C=O) groups excluding carboxylic acids is 2. The summed E-state index contributed by atoms with van der Waals surface area (Å²) in [5.41, 5.74) is 1.35. The topological polar surface area (TPSA) is 93.2 Å². The van der Waals surface area contributed by atoms with Gasteiger partial charge in [0.1, 0.15) is 5.75 Å². The molecule has 0 aliphatic carbocycles. The lowest BCUT2D eigenvalue weighted by molar-refractivity contribution is -0.133. The molecule has 0 saturated heterocycles. The Morgan fingerprint density at radius 3 is 2.43 bits per heavy atom. The molecule has 1 heterocycles. The van der Waals surface area contributed by atoms with Crippen LogP contribution in [0.25, 0.3) is 0 Å². The van der Waals surface area contributed by atoms with Crippen molar-refractivity contribution < 1.29 is 14.3 Å². The van der Waals surface area contributed by atoms with E-state index < -0.39 is 11.8 Å². The van der Waals surface area contributed by atoms with Crippen LogP contribution in [-0.2, 0) is 9.59 Å². The van der Waals surface area contributed by atoms with Gasteiger partial charge in [-0.2, -0.15) is 0 Å². The highest BCUT2D eigenvalue weighted by Gasteiger charge is 2.17. The summed E-state index contributed by atoms with van der Waals surface area (Å²) in [6.07, 6.45) is 2.92. The van der Waals surface area contributed by atoms with Crippen LogP contribution in [0.15, 0.2) is 36.7 Å². The summed E-state index contributed by atoms with van der Waals surface area (Å²) in [5, 5.41) is 4.79. The smallest absolute Gasteiger partial charge is 0.316 e. The fraction of sp³-hybridized carbons (Fsp3) is 0.143. The van der Waals surface area contributed by atoms with E-state index in [-0.39, 0.29) is 5.95 Å². The molecule has 0 radical (unpaired) electrons. The number of amides is 2. The highest BCUT2D eigenvalue weighted by atomic mass is 16.5. The van der Waals surface area contributed by atoms with Crippen LogP contribution in [0.3, 0.4) is 0 Å². The van der Waals surface area contributed by atoms with Gasteiger partial charge in [-0.1, -0.05) is 6.07 Å². The van der Waals surface area contributed by atoms with Gasteiger partial charge in [0, 0.05) is 12.4 Å². The average molecular weight is 286 g/mol. The first-order chi connectivity index (χ1) is 10.1. The molecule has 7 nitrogen and oxygen atoms in total. The third-order valence-corrected chi connectivity index (χ3v) is 2.60.